The van der Waals surface area contributed by atoms with Crippen LogP contribution in [0.4, 0.5) is 5.69 Å². The number of carbonyl (C=O) groups is 1. The van der Waals surface area contributed by atoms with Crippen molar-refractivity contribution in [2.45, 2.75) is 18.4 Å². The van der Waals surface area contributed by atoms with Crippen molar-refractivity contribution in [3.05, 3.63) is 33.3 Å². The molecule has 1 aromatic carbocycles. The van der Waals surface area contributed by atoms with E-state index in [4.69, 9.17) is 26.8 Å². The second kappa shape index (κ2) is 5.87. The molecule has 1 aliphatic rings. The van der Waals surface area contributed by atoms with Gasteiger partial charge in [0.05, 0.1) is 17.1 Å². The summed E-state index contributed by atoms with van der Waals surface area (Å²) in [4.78, 5) is 22.2. The SMILES string of the molecule is COC(=O)C(N)(COc1c(Cl)cccc1[N+](=O)[O-])C1CC1. The molecule has 0 radical (unpaired) electrons. The molecule has 0 heterocycles. The monoisotopic (exact) mass is 314 g/mol. The number of nitro groups is 1. The molecule has 1 atom stereocenters. The van der Waals surface area contributed by atoms with Crippen LogP contribution in [0.5, 0.6) is 5.75 Å². The number of carbonyl (C=O) groups excluding carboxylic acids is 1. The zero-order valence-electron chi connectivity index (χ0n) is 11.4. The summed E-state index contributed by atoms with van der Waals surface area (Å²) < 4.78 is 10.1. The Morgan fingerprint density at radius 1 is 1.57 bits per heavy atom. The van der Waals surface area contributed by atoms with Crippen LogP contribution in [0.1, 0.15) is 12.8 Å². The van der Waals surface area contributed by atoms with E-state index < -0.39 is 16.4 Å². The standard InChI is InChI=1S/C13H15ClN2O5/c1-20-12(17)13(15,8-5-6-8)7-21-11-9(14)3-2-4-10(11)16(18)19/h2-4,8H,5-7,15H2,1H3. The maximum absolute atomic E-state index is 11.8. The molecule has 0 bridgehead atoms. The smallest absolute Gasteiger partial charge is 0.329 e. The summed E-state index contributed by atoms with van der Waals surface area (Å²) in [5.74, 6) is -0.741. The lowest BCUT2D eigenvalue weighted by Crippen LogP contribution is -2.55. The lowest BCUT2D eigenvalue weighted by Gasteiger charge is -2.26. The summed E-state index contributed by atoms with van der Waals surface area (Å²) in [6.07, 6.45) is 1.58. The van der Waals surface area contributed by atoms with E-state index in [-0.39, 0.29) is 29.0 Å². The zero-order valence-corrected chi connectivity index (χ0v) is 12.1. The third-order valence-electron chi connectivity index (χ3n) is 3.47. The second-order valence-corrected chi connectivity index (χ2v) is 5.35. The first-order valence-corrected chi connectivity index (χ1v) is 6.71. The largest absolute Gasteiger partial charge is 0.483 e. The van der Waals surface area contributed by atoms with Gasteiger partial charge in [0.15, 0.2) is 5.54 Å². The van der Waals surface area contributed by atoms with Crippen molar-refractivity contribution in [3.63, 3.8) is 0 Å². The lowest BCUT2D eigenvalue weighted by molar-refractivity contribution is -0.385. The summed E-state index contributed by atoms with van der Waals surface area (Å²) in [7, 11) is 1.24. The number of nitro benzene ring substituents is 1. The van der Waals surface area contributed by atoms with E-state index in [1.165, 1.54) is 25.3 Å². The number of hydrogen-bond donors (Lipinski definition) is 1. The molecule has 0 spiro atoms. The average molecular weight is 315 g/mol. The van der Waals surface area contributed by atoms with Gasteiger partial charge in [-0.25, -0.2) is 4.79 Å². The van der Waals surface area contributed by atoms with Crippen LogP contribution < -0.4 is 10.5 Å². The van der Waals surface area contributed by atoms with Gasteiger partial charge in [0.1, 0.15) is 6.61 Å². The molecule has 7 nitrogen and oxygen atoms in total. The minimum Gasteiger partial charge on any atom is -0.483 e. The molecule has 1 aromatic rings. The van der Waals surface area contributed by atoms with Crippen molar-refractivity contribution < 1.29 is 19.2 Å². The van der Waals surface area contributed by atoms with Gasteiger partial charge in [-0.05, 0) is 24.8 Å². The van der Waals surface area contributed by atoms with Crippen LogP contribution >= 0.6 is 11.6 Å². The molecule has 1 fully saturated rings. The van der Waals surface area contributed by atoms with E-state index in [2.05, 4.69) is 0 Å². The average Bonchev–Trinajstić information content (AvgIpc) is 3.29. The summed E-state index contributed by atoms with van der Waals surface area (Å²) in [6, 6.07) is 4.19. The number of nitrogens with zero attached hydrogens (tertiary/aromatic N) is 1. The minimum absolute atomic E-state index is 0.0495. The van der Waals surface area contributed by atoms with Crippen molar-refractivity contribution in [2.24, 2.45) is 11.7 Å². The van der Waals surface area contributed by atoms with Crippen molar-refractivity contribution in [2.75, 3.05) is 13.7 Å². The fourth-order valence-corrected chi connectivity index (χ4v) is 2.33. The van der Waals surface area contributed by atoms with Crippen LogP contribution in [-0.4, -0.2) is 30.1 Å². The first kappa shape index (κ1) is 15.5. The molecule has 8 heteroatoms. The highest BCUT2D eigenvalue weighted by Crippen LogP contribution is 2.41. The highest BCUT2D eigenvalue weighted by Gasteiger charge is 2.50. The van der Waals surface area contributed by atoms with E-state index in [9.17, 15) is 14.9 Å². The van der Waals surface area contributed by atoms with Crippen LogP contribution in [0.3, 0.4) is 0 Å². The maximum Gasteiger partial charge on any atom is 0.329 e. The van der Waals surface area contributed by atoms with Crippen molar-refractivity contribution in [3.8, 4) is 5.75 Å². The Morgan fingerprint density at radius 2 is 2.24 bits per heavy atom. The third kappa shape index (κ3) is 3.08. The molecule has 114 valence electrons. The number of para-hydroxylation sites is 1. The Balaban J connectivity index is 2.22. The molecule has 0 saturated heterocycles. The van der Waals surface area contributed by atoms with E-state index in [1.54, 1.807) is 0 Å². The van der Waals surface area contributed by atoms with Gasteiger partial charge in [-0.3, -0.25) is 10.1 Å². The van der Waals surface area contributed by atoms with Crippen LogP contribution in [-0.2, 0) is 9.53 Å². The van der Waals surface area contributed by atoms with E-state index in [0.717, 1.165) is 12.8 Å². The predicted octanol–water partition coefficient (Wildman–Crippen LogP) is 1.91. The van der Waals surface area contributed by atoms with Crippen molar-refractivity contribution >= 4 is 23.3 Å². The Bertz CT molecular complexity index is 576. The minimum atomic E-state index is -1.32. The molecule has 2 rings (SSSR count). The van der Waals surface area contributed by atoms with Crippen LogP contribution in [0.15, 0.2) is 18.2 Å². The lowest BCUT2D eigenvalue weighted by atomic mass is 9.96. The second-order valence-electron chi connectivity index (χ2n) is 4.94. The van der Waals surface area contributed by atoms with Crippen molar-refractivity contribution in [1.29, 1.82) is 0 Å². The highest BCUT2D eigenvalue weighted by molar-refractivity contribution is 6.32. The van der Waals surface area contributed by atoms with Crippen LogP contribution in [0.25, 0.3) is 0 Å². The number of nitrogens with two attached hydrogens (primary N) is 1. The fraction of sp³-hybridized carbons (Fsp3) is 0.462. The fourth-order valence-electron chi connectivity index (χ4n) is 2.11. The molecule has 1 unspecified atom stereocenters. The normalized spacial score (nSPS) is 16.9. The molecule has 0 aromatic heterocycles. The molecule has 21 heavy (non-hydrogen) atoms. The van der Waals surface area contributed by atoms with Crippen molar-refractivity contribution in [1.82, 2.24) is 0 Å². The Labute approximate surface area is 126 Å². The molecule has 1 saturated carbocycles. The molecule has 1 aliphatic carbocycles. The molecule has 2 N–H and O–H groups in total. The van der Waals surface area contributed by atoms with Gasteiger partial charge < -0.3 is 15.2 Å². The Kier molecular flexibility index (Phi) is 4.34. The summed E-state index contributed by atoms with van der Waals surface area (Å²) in [5.41, 5.74) is 4.48. The number of ether oxygens (including phenoxy) is 2. The third-order valence-corrected chi connectivity index (χ3v) is 3.77. The summed E-state index contributed by atoms with van der Waals surface area (Å²) in [5, 5.41) is 11.1. The maximum atomic E-state index is 11.8. The van der Waals surface area contributed by atoms with Gasteiger partial charge in [-0.2, -0.15) is 0 Å². The van der Waals surface area contributed by atoms with E-state index >= 15 is 0 Å². The molecule has 0 amide bonds. The zero-order chi connectivity index (χ0) is 15.6. The van der Waals surface area contributed by atoms with Crippen LogP contribution in [0, 0.1) is 16.0 Å². The highest BCUT2D eigenvalue weighted by atomic mass is 35.5. The Hall–Kier alpha value is -1.86. The van der Waals surface area contributed by atoms with Crippen LogP contribution in [0.2, 0.25) is 5.02 Å². The Morgan fingerprint density at radius 3 is 2.76 bits per heavy atom. The van der Waals surface area contributed by atoms with Gasteiger partial charge >= 0.3 is 11.7 Å². The van der Waals surface area contributed by atoms with Gasteiger partial charge in [-0.1, -0.05) is 17.7 Å². The van der Waals surface area contributed by atoms with E-state index in [0.29, 0.717) is 0 Å². The summed E-state index contributed by atoms with van der Waals surface area (Å²) in [6.45, 7) is -0.227. The van der Waals surface area contributed by atoms with E-state index in [1.807, 2.05) is 0 Å². The number of halogens is 1. The van der Waals surface area contributed by atoms with Gasteiger partial charge in [0.2, 0.25) is 5.75 Å². The first-order valence-electron chi connectivity index (χ1n) is 6.33. The first-order chi connectivity index (χ1) is 9.90. The van der Waals surface area contributed by atoms with Gasteiger partial charge in [-0.15, -0.1) is 0 Å². The number of esters is 1. The number of rotatable bonds is 6. The van der Waals surface area contributed by atoms with Gasteiger partial charge in [0.25, 0.3) is 0 Å². The topological polar surface area (TPSA) is 105 Å². The number of benzene rings is 1. The molecular formula is C13H15ClN2O5. The number of hydrogen-bond acceptors (Lipinski definition) is 6. The quantitative estimate of drug-likeness (QED) is 0.488. The van der Waals surface area contributed by atoms with Gasteiger partial charge in [0, 0.05) is 6.07 Å². The molecular weight excluding hydrogens is 300 g/mol. The predicted molar refractivity (Wildman–Crippen MR) is 75.3 cm³/mol. The summed E-state index contributed by atoms with van der Waals surface area (Å²) >= 11 is 5.92. The number of methoxy groups -OCH3 is 1. The molecule has 0 aliphatic heterocycles.